The van der Waals surface area contributed by atoms with Crippen molar-refractivity contribution in [2.45, 2.75) is 32.7 Å². The molecule has 0 aromatic heterocycles. The summed E-state index contributed by atoms with van der Waals surface area (Å²) in [6.07, 6.45) is 3.54. The van der Waals surface area contributed by atoms with Crippen LogP contribution in [0, 0.1) is 0 Å². The molecule has 0 amide bonds. The van der Waals surface area contributed by atoms with E-state index >= 15 is 0 Å². The van der Waals surface area contributed by atoms with Crippen LogP contribution in [0.15, 0.2) is 29.3 Å². The Bertz CT molecular complexity index is 586. The first-order valence-corrected chi connectivity index (χ1v) is 10.3. The van der Waals surface area contributed by atoms with E-state index in [0.29, 0.717) is 0 Å². The van der Waals surface area contributed by atoms with Gasteiger partial charge in [-0.1, -0.05) is 24.3 Å². The third-order valence-corrected chi connectivity index (χ3v) is 5.47. The zero-order valence-electron chi connectivity index (χ0n) is 16.6. The molecule has 0 atom stereocenters. The average molecular weight is 358 g/mol. The third-order valence-electron chi connectivity index (χ3n) is 5.47. The average Bonchev–Trinajstić information content (AvgIpc) is 2.88. The van der Waals surface area contributed by atoms with Gasteiger partial charge >= 0.3 is 0 Å². The lowest BCUT2D eigenvalue weighted by Gasteiger charge is -2.31. The summed E-state index contributed by atoms with van der Waals surface area (Å²) in [5.41, 5.74) is 2.93. The van der Waals surface area contributed by atoms with Crippen molar-refractivity contribution in [1.82, 2.24) is 20.0 Å². The fraction of sp³-hybridized carbons (Fsp3) is 0.667. The largest absolute Gasteiger partial charge is 0.357 e. The highest BCUT2D eigenvalue weighted by Gasteiger charge is 2.18. The summed E-state index contributed by atoms with van der Waals surface area (Å²) in [6, 6.07) is 8.80. The van der Waals surface area contributed by atoms with E-state index in [0.717, 1.165) is 45.0 Å². The minimum Gasteiger partial charge on any atom is -0.357 e. The van der Waals surface area contributed by atoms with E-state index in [9.17, 15) is 0 Å². The normalized spacial score (nSPS) is 19.9. The van der Waals surface area contributed by atoms with Crippen molar-refractivity contribution in [2.75, 3.05) is 59.4 Å². The molecule has 0 saturated carbocycles. The molecule has 1 N–H and O–H groups in total. The van der Waals surface area contributed by atoms with E-state index in [2.05, 4.69) is 58.3 Å². The quantitative estimate of drug-likeness (QED) is 0.497. The van der Waals surface area contributed by atoms with E-state index in [4.69, 9.17) is 4.99 Å². The van der Waals surface area contributed by atoms with Crippen molar-refractivity contribution in [3.8, 4) is 0 Å². The Morgan fingerprint density at radius 1 is 1.08 bits per heavy atom. The second-order valence-electron chi connectivity index (χ2n) is 7.53. The Kier molecular flexibility index (Phi) is 7.32. The summed E-state index contributed by atoms with van der Waals surface area (Å²) in [5, 5.41) is 3.49. The third kappa shape index (κ3) is 5.45. The molecule has 5 heteroatoms. The van der Waals surface area contributed by atoms with E-state index < -0.39 is 0 Å². The minimum absolute atomic E-state index is 0.910. The first-order valence-electron chi connectivity index (χ1n) is 10.3. The predicted molar refractivity (Wildman–Crippen MR) is 110 cm³/mol. The monoisotopic (exact) mass is 357 g/mol. The smallest absolute Gasteiger partial charge is 0.194 e. The van der Waals surface area contributed by atoms with Crippen LogP contribution in [0.5, 0.6) is 0 Å². The van der Waals surface area contributed by atoms with Gasteiger partial charge in [-0.15, -0.1) is 0 Å². The van der Waals surface area contributed by atoms with Crippen LogP contribution in [0.1, 0.15) is 30.9 Å². The van der Waals surface area contributed by atoms with Crippen LogP contribution in [-0.4, -0.2) is 80.1 Å². The molecule has 2 aliphatic heterocycles. The molecule has 0 unspecified atom stereocenters. The zero-order valence-corrected chi connectivity index (χ0v) is 16.6. The van der Waals surface area contributed by atoms with Gasteiger partial charge in [-0.05, 0) is 64.0 Å². The van der Waals surface area contributed by atoms with E-state index in [1.54, 1.807) is 0 Å². The maximum absolute atomic E-state index is 4.93. The van der Waals surface area contributed by atoms with Crippen LogP contribution >= 0.6 is 0 Å². The van der Waals surface area contributed by atoms with Crippen molar-refractivity contribution < 1.29 is 0 Å². The summed E-state index contributed by atoms with van der Waals surface area (Å²) >= 11 is 0. The van der Waals surface area contributed by atoms with Gasteiger partial charge in [-0.3, -0.25) is 4.99 Å². The molecule has 144 valence electrons. The number of guanidine groups is 1. The fourth-order valence-corrected chi connectivity index (χ4v) is 3.91. The standard InChI is InChI=1S/C21H35N5/c1-3-22-21(26-15-10-19-8-4-5-9-20(19)18-26)23-11-6-13-25-14-7-12-24(2)16-17-25/h4-5,8-9H,3,6-7,10-18H2,1-2H3,(H,22,23). The van der Waals surface area contributed by atoms with Gasteiger partial charge in [0.1, 0.15) is 0 Å². The Balaban J connectivity index is 1.50. The van der Waals surface area contributed by atoms with Crippen molar-refractivity contribution in [3.63, 3.8) is 0 Å². The number of benzene rings is 1. The molecule has 0 spiro atoms. The first-order chi connectivity index (χ1) is 12.8. The van der Waals surface area contributed by atoms with Crippen LogP contribution in [0.3, 0.4) is 0 Å². The van der Waals surface area contributed by atoms with E-state index in [1.807, 2.05) is 0 Å². The van der Waals surface area contributed by atoms with Gasteiger partial charge < -0.3 is 20.0 Å². The number of nitrogens with one attached hydrogen (secondary N) is 1. The van der Waals surface area contributed by atoms with Crippen LogP contribution in [0.25, 0.3) is 0 Å². The summed E-state index contributed by atoms with van der Waals surface area (Å²) in [5.74, 6) is 1.08. The fourth-order valence-electron chi connectivity index (χ4n) is 3.91. The van der Waals surface area contributed by atoms with Gasteiger partial charge in [0.25, 0.3) is 0 Å². The first kappa shape index (κ1) is 19.2. The molecule has 2 heterocycles. The Morgan fingerprint density at radius 3 is 2.77 bits per heavy atom. The Hall–Kier alpha value is -1.59. The number of likely N-dealkylation sites (N-methyl/N-ethyl adjacent to an activating group) is 1. The molecule has 0 bridgehead atoms. The SMILES string of the molecule is CCNC(=NCCCN1CCCN(C)CC1)N1CCc2ccccc2C1. The second-order valence-corrected chi connectivity index (χ2v) is 7.53. The highest BCUT2D eigenvalue weighted by Crippen LogP contribution is 2.18. The number of nitrogens with zero attached hydrogens (tertiary/aromatic N) is 4. The molecule has 3 rings (SSSR count). The molecule has 1 fully saturated rings. The maximum Gasteiger partial charge on any atom is 0.194 e. The highest BCUT2D eigenvalue weighted by molar-refractivity contribution is 5.80. The molecule has 0 aliphatic carbocycles. The zero-order chi connectivity index (χ0) is 18.2. The van der Waals surface area contributed by atoms with E-state index in [1.165, 1.54) is 50.3 Å². The number of hydrogen-bond donors (Lipinski definition) is 1. The molecular formula is C21H35N5. The topological polar surface area (TPSA) is 34.1 Å². The van der Waals surface area contributed by atoms with Gasteiger partial charge in [-0.25, -0.2) is 0 Å². The van der Waals surface area contributed by atoms with Crippen LogP contribution in [0.4, 0.5) is 0 Å². The molecule has 1 aromatic rings. The number of aliphatic imine (C=N–C) groups is 1. The lowest BCUT2D eigenvalue weighted by Crippen LogP contribution is -2.44. The number of hydrogen-bond acceptors (Lipinski definition) is 3. The second kappa shape index (κ2) is 9.93. The maximum atomic E-state index is 4.93. The summed E-state index contributed by atoms with van der Waals surface area (Å²) < 4.78 is 0. The van der Waals surface area contributed by atoms with E-state index in [-0.39, 0.29) is 0 Å². The Labute approximate surface area is 159 Å². The molecule has 1 aromatic carbocycles. The van der Waals surface area contributed by atoms with Crippen molar-refractivity contribution >= 4 is 5.96 Å². The number of rotatable bonds is 5. The highest BCUT2D eigenvalue weighted by atomic mass is 15.3. The van der Waals surface area contributed by atoms with Gasteiger partial charge in [-0.2, -0.15) is 0 Å². The van der Waals surface area contributed by atoms with Crippen molar-refractivity contribution in [3.05, 3.63) is 35.4 Å². The molecule has 5 nitrogen and oxygen atoms in total. The van der Waals surface area contributed by atoms with Gasteiger partial charge in [0.05, 0.1) is 0 Å². The van der Waals surface area contributed by atoms with Crippen molar-refractivity contribution in [2.24, 2.45) is 4.99 Å². The predicted octanol–water partition coefficient (Wildman–Crippen LogP) is 2.04. The molecule has 2 aliphatic rings. The van der Waals surface area contributed by atoms with Crippen LogP contribution in [-0.2, 0) is 13.0 Å². The Morgan fingerprint density at radius 2 is 1.92 bits per heavy atom. The minimum atomic E-state index is 0.910. The van der Waals surface area contributed by atoms with Crippen LogP contribution in [0.2, 0.25) is 0 Å². The molecule has 0 radical (unpaired) electrons. The molecular weight excluding hydrogens is 322 g/mol. The summed E-state index contributed by atoms with van der Waals surface area (Å²) in [7, 11) is 2.23. The lowest BCUT2D eigenvalue weighted by atomic mass is 10.0. The summed E-state index contributed by atoms with van der Waals surface area (Å²) in [6.45, 7) is 12.0. The van der Waals surface area contributed by atoms with Gasteiger partial charge in [0, 0.05) is 39.3 Å². The molecule has 26 heavy (non-hydrogen) atoms. The molecule has 1 saturated heterocycles. The van der Waals surface area contributed by atoms with Gasteiger partial charge in [0.15, 0.2) is 5.96 Å². The van der Waals surface area contributed by atoms with Crippen LogP contribution < -0.4 is 5.32 Å². The lowest BCUT2D eigenvalue weighted by molar-refractivity contribution is 0.274. The number of fused-ring (bicyclic) bond motifs is 1. The summed E-state index contributed by atoms with van der Waals surface area (Å²) in [4.78, 5) is 12.4. The van der Waals surface area contributed by atoms with Crippen molar-refractivity contribution in [1.29, 1.82) is 0 Å². The van der Waals surface area contributed by atoms with Gasteiger partial charge in [0.2, 0.25) is 0 Å².